The second kappa shape index (κ2) is 6.89. The van der Waals surface area contributed by atoms with E-state index in [1.807, 2.05) is 0 Å². The van der Waals surface area contributed by atoms with Crippen molar-refractivity contribution >= 4 is 5.97 Å². The van der Waals surface area contributed by atoms with Crippen molar-refractivity contribution in [3.63, 3.8) is 0 Å². The number of esters is 1. The zero-order valence-electron chi connectivity index (χ0n) is 9.00. The van der Waals surface area contributed by atoms with Crippen molar-refractivity contribution in [1.82, 2.24) is 0 Å². The predicted octanol–water partition coefficient (Wildman–Crippen LogP) is 1.86. The van der Waals surface area contributed by atoms with Crippen LogP contribution in [0, 0.1) is 11.8 Å². The van der Waals surface area contributed by atoms with Crippen molar-refractivity contribution < 1.29 is 14.3 Å². The molecule has 0 saturated heterocycles. The van der Waals surface area contributed by atoms with Gasteiger partial charge in [0.05, 0.1) is 6.61 Å². The number of methoxy groups -OCH3 is 1. The summed E-state index contributed by atoms with van der Waals surface area (Å²) in [6.07, 6.45) is 0.501. The number of carbonyl (C=O) groups excluding carboxylic acids is 1. The first-order valence-corrected chi connectivity index (χ1v) is 4.72. The molecule has 0 aromatic heterocycles. The summed E-state index contributed by atoms with van der Waals surface area (Å²) < 4.78 is 9.71. The molecule has 3 heteroatoms. The van der Waals surface area contributed by atoms with Crippen molar-refractivity contribution in [3.8, 4) is 0 Å². The fourth-order valence-electron chi connectivity index (χ4n) is 0.796. The van der Waals surface area contributed by atoms with Gasteiger partial charge in [0.1, 0.15) is 6.61 Å². The Morgan fingerprint density at radius 2 is 1.85 bits per heavy atom. The summed E-state index contributed by atoms with van der Waals surface area (Å²) in [6, 6.07) is 0. The van der Waals surface area contributed by atoms with Crippen molar-refractivity contribution in [1.29, 1.82) is 0 Å². The molecule has 0 amide bonds. The third-order valence-corrected chi connectivity index (χ3v) is 2.18. The topological polar surface area (TPSA) is 35.5 Å². The maximum atomic E-state index is 11.2. The first-order chi connectivity index (χ1) is 6.07. The summed E-state index contributed by atoms with van der Waals surface area (Å²) in [5, 5.41) is 0. The average molecular weight is 188 g/mol. The number of hydrogen-bond donors (Lipinski definition) is 0. The summed E-state index contributed by atoms with van der Waals surface area (Å²) >= 11 is 0. The van der Waals surface area contributed by atoms with Crippen LogP contribution in [0.25, 0.3) is 0 Å². The van der Waals surface area contributed by atoms with Crippen LogP contribution in [0.2, 0.25) is 0 Å². The molecule has 0 heterocycles. The van der Waals surface area contributed by atoms with Crippen LogP contribution in [0.3, 0.4) is 0 Å². The normalized spacial score (nSPS) is 13.0. The maximum absolute atomic E-state index is 11.2. The molecule has 0 aromatic carbocycles. The SMILES string of the molecule is COCCOC(=O)CC(C)C(C)C. The van der Waals surface area contributed by atoms with Crippen LogP contribution in [-0.4, -0.2) is 26.3 Å². The molecule has 0 aliphatic carbocycles. The molecule has 0 aliphatic rings. The van der Waals surface area contributed by atoms with E-state index in [-0.39, 0.29) is 5.97 Å². The highest BCUT2D eigenvalue weighted by atomic mass is 16.6. The van der Waals surface area contributed by atoms with Gasteiger partial charge in [-0.3, -0.25) is 4.79 Å². The molecule has 0 spiro atoms. The molecule has 0 bridgehead atoms. The first kappa shape index (κ1) is 12.4. The van der Waals surface area contributed by atoms with E-state index in [1.165, 1.54) is 0 Å². The van der Waals surface area contributed by atoms with Gasteiger partial charge >= 0.3 is 5.97 Å². The predicted molar refractivity (Wildman–Crippen MR) is 51.5 cm³/mol. The molecule has 1 unspecified atom stereocenters. The summed E-state index contributed by atoms with van der Waals surface area (Å²) in [5.41, 5.74) is 0. The third kappa shape index (κ3) is 6.58. The Kier molecular flexibility index (Phi) is 6.59. The second-order valence-electron chi connectivity index (χ2n) is 3.64. The minimum absolute atomic E-state index is 0.127. The van der Waals surface area contributed by atoms with E-state index in [0.29, 0.717) is 31.5 Å². The Hall–Kier alpha value is -0.570. The lowest BCUT2D eigenvalue weighted by molar-refractivity contribution is -0.146. The highest BCUT2D eigenvalue weighted by Gasteiger charge is 2.12. The highest BCUT2D eigenvalue weighted by Crippen LogP contribution is 2.14. The molecule has 0 saturated carbocycles. The minimum Gasteiger partial charge on any atom is -0.463 e. The van der Waals surface area contributed by atoms with Gasteiger partial charge in [0.15, 0.2) is 0 Å². The Morgan fingerprint density at radius 1 is 1.23 bits per heavy atom. The third-order valence-electron chi connectivity index (χ3n) is 2.18. The van der Waals surface area contributed by atoms with Gasteiger partial charge in [-0.05, 0) is 11.8 Å². The van der Waals surface area contributed by atoms with Gasteiger partial charge in [-0.15, -0.1) is 0 Å². The summed E-state index contributed by atoms with van der Waals surface area (Å²) in [4.78, 5) is 11.2. The average Bonchev–Trinajstić information content (AvgIpc) is 2.04. The molecule has 0 rings (SSSR count). The van der Waals surface area contributed by atoms with Crippen LogP contribution in [0.1, 0.15) is 27.2 Å². The number of carbonyl (C=O) groups is 1. The van der Waals surface area contributed by atoms with Crippen molar-refractivity contribution in [2.24, 2.45) is 11.8 Å². The van der Waals surface area contributed by atoms with Crippen LogP contribution in [0.15, 0.2) is 0 Å². The first-order valence-electron chi connectivity index (χ1n) is 4.72. The number of rotatable bonds is 6. The van der Waals surface area contributed by atoms with Gasteiger partial charge in [0, 0.05) is 13.5 Å². The van der Waals surface area contributed by atoms with E-state index in [0.717, 1.165) is 0 Å². The summed E-state index contributed by atoms with van der Waals surface area (Å²) in [7, 11) is 1.59. The molecule has 0 aromatic rings. The molecular weight excluding hydrogens is 168 g/mol. The van der Waals surface area contributed by atoms with Gasteiger partial charge in [0.2, 0.25) is 0 Å². The van der Waals surface area contributed by atoms with Gasteiger partial charge in [-0.25, -0.2) is 0 Å². The Labute approximate surface area is 80.4 Å². The van der Waals surface area contributed by atoms with E-state index in [4.69, 9.17) is 9.47 Å². The van der Waals surface area contributed by atoms with Crippen molar-refractivity contribution in [2.75, 3.05) is 20.3 Å². The smallest absolute Gasteiger partial charge is 0.306 e. The largest absolute Gasteiger partial charge is 0.463 e. The fourth-order valence-corrected chi connectivity index (χ4v) is 0.796. The van der Waals surface area contributed by atoms with Gasteiger partial charge in [0.25, 0.3) is 0 Å². The Balaban J connectivity index is 3.50. The van der Waals surface area contributed by atoms with Crippen LogP contribution in [-0.2, 0) is 14.3 Å². The lowest BCUT2D eigenvalue weighted by Gasteiger charge is -2.14. The molecule has 78 valence electrons. The quantitative estimate of drug-likeness (QED) is 0.471. The maximum Gasteiger partial charge on any atom is 0.306 e. The van der Waals surface area contributed by atoms with Crippen LogP contribution < -0.4 is 0 Å². The standard InChI is InChI=1S/C10H20O3/c1-8(2)9(3)7-10(11)13-6-5-12-4/h8-9H,5-7H2,1-4H3. The lowest BCUT2D eigenvalue weighted by atomic mass is 9.95. The van der Waals surface area contributed by atoms with Crippen LogP contribution in [0.4, 0.5) is 0 Å². The monoisotopic (exact) mass is 188 g/mol. The fraction of sp³-hybridized carbons (Fsp3) is 0.900. The molecule has 0 aliphatic heterocycles. The zero-order valence-corrected chi connectivity index (χ0v) is 9.00. The zero-order chi connectivity index (χ0) is 10.3. The van der Waals surface area contributed by atoms with Crippen molar-refractivity contribution in [2.45, 2.75) is 27.2 Å². The van der Waals surface area contributed by atoms with Gasteiger partial charge < -0.3 is 9.47 Å². The summed E-state index contributed by atoms with van der Waals surface area (Å²) in [6.45, 7) is 7.10. The second-order valence-corrected chi connectivity index (χ2v) is 3.64. The van der Waals surface area contributed by atoms with E-state index in [9.17, 15) is 4.79 Å². The van der Waals surface area contributed by atoms with Crippen LogP contribution >= 0.6 is 0 Å². The Bertz CT molecular complexity index is 143. The van der Waals surface area contributed by atoms with E-state index < -0.39 is 0 Å². The van der Waals surface area contributed by atoms with Crippen molar-refractivity contribution in [3.05, 3.63) is 0 Å². The molecule has 0 fully saturated rings. The number of ether oxygens (including phenoxy) is 2. The molecule has 13 heavy (non-hydrogen) atoms. The van der Waals surface area contributed by atoms with E-state index in [2.05, 4.69) is 20.8 Å². The lowest BCUT2D eigenvalue weighted by Crippen LogP contribution is -2.15. The molecule has 0 radical (unpaired) electrons. The van der Waals surface area contributed by atoms with E-state index >= 15 is 0 Å². The number of hydrogen-bond acceptors (Lipinski definition) is 3. The molecule has 1 atom stereocenters. The molecule has 0 N–H and O–H groups in total. The van der Waals surface area contributed by atoms with E-state index in [1.54, 1.807) is 7.11 Å². The van der Waals surface area contributed by atoms with Gasteiger partial charge in [-0.2, -0.15) is 0 Å². The highest BCUT2D eigenvalue weighted by molar-refractivity contribution is 5.69. The van der Waals surface area contributed by atoms with Gasteiger partial charge in [-0.1, -0.05) is 20.8 Å². The minimum atomic E-state index is -0.127. The summed E-state index contributed by atoms with van der Waals surface area (Å²) in [5.74, 6) is 0.781. The molecule has 3 nitrogen and oxygen atoms in total. The van der Waals surface area contributed by atoms with Crippen LogP contribution in [0.5, 0.6) is 0 Å². The molecular formula is C10H20O3. The Morgan fingerprint density at radius 3 is 2.31 bits per heavy atom.